The molecule has 2 N–H and O–H groups in total. The third kappa shape index (κ3) is 2.72. The van der Waals surface area contributed by atoms with E-state index in [0.29, 0.717) is 0 Å². The van der Waals surface area contributed by atoms with Crippen LogP contribution in [-0.4, -0.2) is 0 Å². The summed E-state index contributed by atoms with van der Waals surface area (Å²) in [5, 5.41) is 0. The fourth-order valence-electron chi connectivity index (χ4n) is 0.770. The summed E-state index contributed by atoms with van der Waals surface area (Å²) in [4.78, 5) is 0. The normalized spacial score (nSPS) is 15.0. The van der Waals surface area contributed by atoms with Crippen molar-refractivity contribution in [2.45, 2.75) is 34.1 Å². The molecule has 0 aromatic rings. The van der Waals surface area contributed by atoms with E-state index in [4.69, 9.17) is 5.73 Å². The highest BCUT2D eigenvalue weighted by atomic mass is 14.6. The van der Waals surface area contributed by atoms with Crippen LogP contribution in [0.3, 0.4) is 0 Å². The number of rotatable bonds is 2. The molecule has 0 atom stereocenters. The highest BCUT2D eigenvalue weighted by molar-refractivity contribution is 5.29. The molecule has 0 aliphatic rings. The smallest absolute Gasteiger partial charge is 0.00811 e. The van der Waals surface area contributed by atoms with E-state index in [2.05, 4.69) is 26.8 Å². The highest BCUT2D eigenvalue weighted by Gasteiger charge is 1.93. The molecule has 0 spiro atoms. The molecule has 1 nitrogen and oxygen atoms in total. The predicted molar refractivity (Wildman–Crippen MR) is 46.6 cm³/mol. The van der Waals surface area contributed by atoms with Gasteiger partial charge in [0.05, 0.1) is 0 Å². The van der Waals surface area contributed by atoms with Crippen LogP contribution in [0.4, 0.5) is 0 Å². The fourth-order valence-corrected chi connectivity index (χ4v) is 0.770. The average Bonchev–Trinajstić information content (AvgIpc) is 1.87. The number of hydrogen-bond donors (Lipinski definition) is 1. The molecule has 0 amide bonds. The monoisotopic (exact) mass is 139 g/mol. The lowest BCUT2D eigenvalue weighted by Crippen LogP contribution is -1.96. The van der Waals surface area contributed by atoms with E-state index in [1.165, 1.54) is 11.1 Å². The molecule has 0 unspecified atom stereocenters. The zero-order valence-corrected chi connectivity index (χ0v) is 7.36. The molecule has 0 saturated carbocycles. The maximum absolute atomic E-state index is 5.61. The number of nitrogens with two attached hydrogens (primary N) is 1. The van der Waals surface area contributed by atoms with Crippen LogP contribution >= 0.6 is 0 Å². The van der Waals surface area contributed by atoms with Crippen molar-refractivity contribution in [2.24, 2.45) is 5.73 Å². The molecule has 0 rings (SSSR count). The van der Waals surface area contributed by atoms with Crippen molar-refractivity contribution in [1.82, 2.24) is 0 Å². The molecule has 58 valence electrons. The quantitative estimate of drug-likeness (QED) is 0.585. The summed E-state index contributed by atoms with van der Waals surface area (Å²) >= 11 is 0. The van der Waals surface area contributed by atoms with Crippen LogP contribution in [0.25, 0.3) is 0 Å². The van der Waals surface area contributed by atoms with Crippen LogP contribution < -0.4 is 5.73 Å². The molecule has 0 aliphatic carbocycles. The zero-order chi connectivity index (χ0) is 8.15. The lowest BCUT2D eigenvalue weighted by atomic mass is 10.1. The number of hydrogen-bond acceptors (Lipinski definition) is 1. The first-order chi connectivity index (χ1) is 4.59. The fraction of sp³-hybridized carbons (Fsp3) is 0.556. The Balaban J connectivity index is 4.36. The van der Waals surface area contributed by atoms with Crippen LogP contribution in [0.2, 0.25) is 0 Å². The molecule has 0 bridgehead atoms. The molecule has 0 radical (unpaired) electrons. The van der Waals surface area contributed by atoms with E-state index < -0.39 is 0 Å². The molecule has 1 heteroatoms. The summed E-state index contributed by atoms with van der Waals surface area (Å²) in [6, 6.07) is 0. The molecule has 0 heterocycles. The van der Waals surface area contributed by atoms with E-state index in [1.807, 2.05) is 6.92 Å². The Bertz CT molecular complexity index is 160. The van der Waals surface area contributed by atoms with Gasteiger partial charge in [0.1, 0.15) is 0 Å². The Morgan fingerprint density at radius 2 is 1.80 bits per heavy atom. The first kappa shape index (κ1) is 9.28. The molecule has 0 aromatic heterocycles. The van der Waals surface area contributed by atoms with Gasteiger partial charge < -0.3 is 5.73 Å². The topological polar surface area (TPSA) is 26.0 Å². The van der Waals surface area contributed by atoms with Crippen molar-refractivity contribution in [3.63, 3.8) is 0 Å². The van der Waals surface area contributed by atoms with Crippen LogP contribution in [0.1, 0.15) is 34.1 Å². The maximum Gasteiger partial charge on any atom is 0.00811 e. The Kier molecular flexibility index (Phi) is 3.85. The van der Waals surface area contributed by atoms with Crippen molar-refractivity contribution in [1.29, 1.82) is 0 Å². The van der Waals surface area contributed by atoms with Gasteiger partial charge in [-0.25, -0.2) is 0 Å². The van der Waals surface area contributed by atoms with E-state index >= 15 is 0 Å². The van der Waals surface area contributed by atoms with Gasteiger partial charge in [-0.2, -0.15) is 0 Å². The summed E-state index contributed by atoms with van der Waals surface area (Å²) in [5.74, 6) is 0. The summed E-state index contributed by atoms with van der Waals surface area (Å²) in [6.45, 7) is 8.21. The summed E-state index contributed by atoms with van der Waals surface area (Å²) < 4.78 is 0. The molecule has 0 aliphatic heterocycles. The average molecular weight is 139 g/mol. The molecule has 0 fully saturated rings. The van der Waals surface area contributed by atoms with Gasteiger partial charge in [-0.15, -0.1) is 0 Å². The molecule has 0 aromatic carbocycles. The summed E-state index contributed by atoms with van der Waals surface area (Å²) in [7, 11) is 0. The lowest BCUT2D eigenvalue weighted by Gasteiger charge is -2.02. The van der Waals surface area contributed by atoms with Gasteiger partial charge in [0.2, 0.25) is 0 Å². The third-order valence-corrected chi connectivity index (χ3v) is 1.69. The minimum Gasteiger partial charge on any atom is -0.402 e. The second kappa shape index (κ2) is 4.15. The van der Waals surface area contributed by atoms with Gasteiger partial charge in [0.25, 0.3) is 0 Å². The Morgan fingerprint density at radius 3 is 2.10 bits per heavy atom. The molecular formula is C9H17N. The van der Waals surface area contributed by atoms with Crippen molar-refractivity contribution < 1.29 is 0 Å². The summed E-state index contributed by atoms with van der Waals surface area (Å²) in [5.41, 5.74) is 9.03. The van der Waals surface area contributed by atoms with Gasteiger partial charge in [-0.1, -0.05) is 18.6 Å². The van der Waals surface area contributed by atoms with Gasteiger partial charge in [-0.05, 0) is 32.8 Å². The summed E-state index contributed by atoms with van der Waals surface area (Å²) in [6.07, 6.45) is 3.27. The van der Waals surface area contributed by atoms with E-state index in [0.717, 1.165) is 12.1 Å². The standard InChI is InChI=1S/C9H17N/c1-5-6-7(2)8(3)9(4)10/h6H,5,10H2,1-4H3/b7-6-,9-8-. The molecule has 10 heavy (non-hydrogen) atoms. The largest absolute Gasteiger partial charge is 0.402 e. The minimum absolute atomic E-state index is 0.919. The third-order valence-electron chi connectivity index (χ3n) is 1.69. The second-order valence-electron chi connectivity index (χ2n) is 2.60. The predicted octanol–water partition coefficient (Wildman–Crippen LogP) is 2.60. The van der Waals surface area contributed by atoms with Crippen LogP contribution in [0.15, 0.2) is 22.9 Å². The van der Waals surface area contributed by atoms with Crippen molar-refractivity contribution >= 4 is 0 Å². The Hall–Kier alpha value is -0.720. The zero-order valence-electron chi connectivity index (χ0n) is 7.36. The van der Waals surface area contributed by atoms with E-state index in [-0.39, 0.29) is 0 Å². The Labute approximate surface area is 63.6 Å². The minimum atomic E-state index is 0.919. The van der Waals surface area contributed by atoms with Gasteiger partial charge in [0.15, 0.2) is 0 Å². The van der Waals surface area contributed by atoms with Crippen molar-refractivity contribution in [2.75, 3.05) is 0 Å². The molecule has 0 saturated heterocycles. The van der Waals surface area contributed by atoms with Gasteiger partial charge in [-0.3, -0.25) is 0 Å². The first-order valence-electron chi connectivity index (χ1n) is 3.69. The van der Waals surface area contributed by atoms with E-state index in [1.54, 1.807) is 0 Å². The maximum atomic E-state index is 5.61. The second-order valence-corrected chi connectivity index (χ2v) is 2.60. The highest BCUT2D eigenvalue weighted by Crippen LogP contribution is 2.10. The SMILES string of the molecule is CC/C=C(C)\C(C)=C(\C)N. The van der Waals surface area contributed by atoms with Gasteiger partial charge in [0, 0.05) is 5.70 Å². The lowest BCUT2D eigenvalue weighted by molar-refractivity contribution is 1.14. The number of allylic oxidation sites excluding steroid dienone is 4. The van der Waals surface area contributed by atoms with E-state index in [9.17, 15) is 0 Å². The molecular weight excluding hydrogens is 122 g/mol. The van der Waals surface area contributed by atoms with Crippen LogP contribution in [0.5, 0.6) is 0 Å². The van der Waals surface area contributed by atoms with Crippen LogP contribution in [0, 0.1) is 0 Å². The Morgan fingerprint density at radius 1 is 1.30 bits per heavy atom. The van der Waals surface area contributed by atoms with Crippen molar-refractivity contribution in [3.05, 3.63) is 22.9 Å². The van der Waals surface area contributed by atoms with Crippen LogP contribution in [-0.2, 0) is 0 Å². The first-order valence-corrected chi connectivity index (χ1v) is 3.69. The van der Waals surface area contributed by atoms with Crippen molar-refractivity contribution in [3.8, 4) is 0 Å². The van der Waals surface area contributed by atoms with Gasteiger partial charge >= 0.3 is 0 Å².